The minimum Gasteiger partial charge on any atom is -0.336 e. The number of imidazole rings is 1. The summed E-state index contributed by atoms with van der Waals surface area (Å²) in [5.74, 6) is -0.738. The van der Waals surface area contributed by atoms with Gasteiger partial charge in [-0.25, -0.2) is 14.2 Å². The predicted octanol–water partition coefficient (Wildman–Crippen LogP) is 1.84. The molecule has 1 N–H and O–H groups in total. The number of aromatic nitrogens is 3. The zero-order chi connectivity index (χ0) is 17.3. The second-order valence-electron chi connectivity index (χ2n) is 5.32. The molecule has 0 unspecified atom stereocenters. The summed E-state index contributed by atoms with van der Waals surface area (Å²) in [6, 6.07) is 4.46. The fourth-order valence-corrected chi connectivity index (χ4v) is 2.28. The van der Waals surface area contributed by atoms with Crippen LogP contribution in [0.15, 0.2) is 46.2 Å². The highest BCUT2D eigenvalue weighted by atomic mass is 19.1. The lowest BCUT2D eigenvalue weighted by Crippen LogP contribution is -2.22. The van der Waals surface area contributed by atoms with E-state index in [-0.39, 0.29) is 18.1 Å². The summed E-state index contributed by atoms with van der Waals surface area (Å²) in [6.45, 7) is 3.19. The minimum absolute atomic E-state index is 0.0272. The summed E-state index contributed by atoms with van der Waals surface area (Å²) in [7, 11) is 0. The van der Waals surface area contributed by atoms with Crippen molar-refractivity contribution in [2.45, 2.75) is 20.5 Å². The summed E-state index contributed by atoms with van der Waals surface area (Å²) in [5, 5.41) is 2.51. The molecule has 1 amide bonds. The normalized spacial score (nSPS) is 10.8. The average Bonchev–Trinajstić information content (AvgIpc) is 3.11. The molecule has 0 aliphatic heterocycles. The third-order valence-electron chi connectivity index (χ3n) is 3.43. The van der Waals surface area contributed by atoms with Crippen molar-refractivity contribution in [2.24, 2.45) is 0 Å². The van der Waals surface area contributed by atoms with Crippen molar-refractivity contribution in [2.75, 3.05) is 0 Å². The van der Waals surface area contributed by atoms with Gasteiger partial charge in [0.2, 0.25) is 5.91 Å². The van der Waals surface area contributed by atoms with E-state index in [0.29, 0.717) is 11.3 Å². The molecule has 2 aromatic heterocycles. The molecule has 0 saturated heterocycles. The van der Waals surface area contributed by atoms with Crippen LogP contribution in [0.3, 0.4) is 0 Å². The van der Waals surface area contributed by atoms with Gasteiger partial charge in [-0.15, -0.1) is 0 Å². The number of hydrogen-bond acceptors (Lipinski definition) is 4. The lowest BCUT2D eigenvalue weighted by atomic mass is 10.1. The average molecular weight is 330 g/mol. The van der Waals surface area contributed by atoms with E-state index in [9.17, 15) is 14.0 Å². The summed E-state index contributed by atoms with van der Waals surface area (Å²) < 4.78 is 22.1. The fraction of sp³-hybridized carbons (Fsp3) is 0.188. The van der Waals surface area contributed by atoms with Crippen LogP contribution in [0.4, 0.5) is 4.39 Å². The molecular weight excluding hydrogens is 315 g/mol. The summed E-state index contributed by atoms with van der Waals surface area (Å²) >= 11 is 0. The Morgan fingerprint density at radius 2 is 2.17 bits per heavy atom. The number of benzene rings is 1. The molecule has 0 aliphatic carbocycles. The van der Waals surface area contributed by atoms with Crippen LogP contribution in [-0.4, -0.2) is 20.2 Å². The van der Waals surface area contributed by atoms with E-state index in [1.54, 1.807) is 22.9 Å². The molecule has 0 radical (unpaired) electrons. The first-order chi connectivity index (χ1) is 11.4. The number of rotatable bonds is 4. The van der Waals surface area contributed by atoms with Gasteiger partial charge in [0.15, 0.2) is 0 Å². The van der Waals surface area contributed by atoms with E-state index < -0.39 is 11.4 Å². The molecule has 2 heterocycles. The first-order valence-corrected chi connectivity index (χ1v) is 7.20. The summed E-state index contributed by atoms with van der Waals surface area (Å²) in [4.78, 5) is 26.9. The number of hydrogen-bond donors (Lipinski definition) is 1. The maximum Gasteiger partial charge on any atom is 0.365 e. The highest BCUT2D eigenvalue weighted by molar-refractivity contribution is 5.72. The smallest absolute Gasteiger partial charge is 0.336 e. The molecule has 124 valence electrons. The van der Waals surface area contributed by atoms with Gasteiger partial charge in [0.1, 0.15) is 12.5 Å². The van der Waals surface area contributed by atoms with Gasteiger partial charge in [0.25, 0.3) is 0 Å². The number of nitrogens with zero attached hydrogens (tertiary/aromatic N) is 3. The maximum atomic E-state index is 14.4. The zero-order valence-corrected chi connectivity index (χ0v) is 13.1. The Hall–Kier alpha value is -3.16. The van der Waals surface area contributed by atoms with Crippen molar-refractivity contribution < 1.29 is 13.7 Å². The molecule has 8 heteroatoms. The molecule has 3 aromatic rings. The minimum atomic E-state index is -0.606. The summed E-state index contributed by atoms with van der Waals surface area (Å²) in [5.41, 5.74) is 1.11. The molecule has 0 saturated carbocycles. The lowest BCUT2D eigenvalue weighted by Gasteiger charge is -2.05. The third kappa shape index (κ3) is 3.12. The molecule has 24 heavy (non-hydrogen) atoms. The van der Waals surface area contributed by atoms with Gasteiger partial charge in [-0.1, -0.05) is 6.07 Å². The molecule has 7 nitrogen and oxygen atoms in total. The van der Waals surface area contributed by atoms with E-state index in [2.05, 4.69) is 10.3 Å². The van der Waals surface area contributed by atoms with E-state index in [0.717, 1.165) is 5.69 Å². The van der Waals surface area contributed by atoms with E-state index in [1.807, 2.05) is 6.92 Å². The Morgan fingerprint density at radius 3 is 2.79 bits per heavy atom. The van der Waals surface area contributed by atoms with Gasteiger partial charge in [-0.05, 0) is 24.6 Å². The van der Waals surface area contributed by atoms with E-state index in [4.69, 9.17) is 4.52 Å². The molecule has 3 rings (SSSR count). The van der Waals surface area contributed by atoms with Crippen LogP contribution in [0.25, 0.3) is 16.8 Å². The highest BCUT2D eigenvalue weighted by Gasteiger charge is 2.13. The molecule has 0 atom stereocenters. The first kappa shape index (κ1) is 15.7. The van der Waals surface area contributed by atoms with Gasteiger partial charge in [-0.2, -0.15) is 4.74 Å². The molecule has 0 aliphatic rings. The number of carbonyl (C=O) groups excluding carboxylic acids is 1. The van der Waals surface area contributed by atoms with Gasteiger partial charge in [0.05, 0.1) is 29.5 Å². The Balaban J connectivity index is 1.92. The van der Waals surface area contributed by atoms with Crippen molar-refractivity contribution in [1.29, 1.82) is 0 Å². The van der Waals surface area contributed by atoms with Gasteiger partial charge in [-0.3, -0.25) is 4.79 Å². The number of amides is 1. The van der Waals surface area contributed by atoms with E-state index in [1.165, 1.54) is 30.3 Å². The number of nitrogens with one attached hydrogen (secondary N) is 1. The van der Waals surface area contributed by atoms with Crippen LogP contribution in [-0.2, 0) is 11.5 Å². The van der Waals surface area contributed by atoms with Crippen molar-refractivity contribution in [3.63, 3.8) is 0 Å². The van der Waals surface area contributed by atoms with Crippen LogP contribution in [0, 0.1) is 12.7 Å². The standard InChI is InChI=1S/C16H15FN4O3/c1-10-6-20(8-18-10)15-4-3-12(5-14(15)17)13-7-21(24-16(13)23)9-19-11(2)22/h3-8H,9H2,1-2H3,(H,19,22). The summed E-state index contributed by atoms with van der Waals surface area (Å²) in [6.07, 6.45) is 4.65. The first-order valence-electron chi connectivity index (χ1n) is 7.20. The topological polar surface area (TPSA) is 82.1 Å². The number of halogens is 1. The highest BCUT2D eigenvalue weighted by Crippen LogP contribution is 2.22. The molecule has 0 fully saturated rings. The van der Waals surface area contributed by atoms with Crippen molar-refractivity contribution in [1.82, 2.24) is 19.6 Å². The molecular formula is C16H15FN4O3. The second kappa shape index (κ2) is 6.15. The second-order valence-corrected chi connectivity index (χ2v) is 5.32. The van der Waals surface area contributed by atoms with Crippen molar-refractivity contribution in [3.05, 3.63) is 58.9 Å². The Morgan fingerprint density at radius 1 is 1.38 bits per heavy atom. The monoisotopic (exact) mass is 330 g/mol. The largest absolute Gasteiger partial charge is 0.365 e. The van der Waals surface area contributed by atoms with Crippen LogP contribution in [0.5, 0.6) is 0 Å². The maximum absolute atomic E-state index is 14.4. The number of carbonyl (C=O) groups is 1. The Bertz CT molecular complexity index is 954. The predicted molar refractivity (Wildman–Crippen MR) is 84.0 cm³/mol. The van der Waals surface area contributed by atoms with Crippen LogP contribution in [0.2, 0.25) is 0 Å². The van der Waals surface area contributed by atoms with Crippen LogP contribution < -0.4 is 10.9 Å². The Labute approximate surface area is 136 Å². The third-order valence-corrected chi connectivity index (χ3v) is 3.43. The molecule has 1 aromatic carbocycles. The molecule has 0 spiro atoms. The SMILES string of the molecule is CC(=O)NCn1cc(-c2ccc(-n3cnc(C)c3)c(F)c2)c(=O)o1. The van der Waals surface area contributed by atoms with Gasteiger partial charge >= 0.3 is 5.63 Å². The van der Waals surface area contributed by atoms with Crippen LogP contribution >= 0.6 is 0 Å². The molecule has 0 bridgehead atoms. The zero-order valence-electron chi connectivity index (χ0n) is 13.1. The van der Waals surface area contributed by atoms with Gasteiger partial charge in [0, 0.05) is 13.1 Å². The van der Waals surface area contributed by atoms with Crippen molar-refractivity contribution in [3.8, 4) is 16.8 Å². The Kier molecular flexibility index (Phi) is 4.03. The lowest BCUT2D eigenvalue weighted by molar-refractivity contribution is -0.119. The van der Waals surface area contributed by atoms with E-state index >= 15 is 0 Å². The number of aryl methyl sites for hydroxylation is 1. The van der Waals surface area contributed by atoms with Gasteiger partial charge < -0.3 is 14.4 Å². The van der Waals surface area contributed by atoms with Crippen LogP contribution in [0.1, 0.15) is 12.6 Å². The fourth-order valence-electron chi connectivity index (χ4n) is 2.28. The van der Waals surface area contributed by atoms with Crippen molar-refractivity contribution >= 4 is 5.91 Å². The quantitative estimate of drug-likeness (QED) is 0.791.